The van der Waals surface area contributed by atoms with E-state index in [1.807, 2.05) is 0 Å². The highest BCUT2D eigenvalue weighted by molar-refractivity contribution is 5.75. The van der Waals surface area contributed by atoms with Gasteiger partial charge in [-0.15, -0.1) is 0 Å². The van der Waals surface area contributed by atoms with E-state index in [1.54, 1.807) is 6.92 Å². The summed E-state index contributed by atoms with van der Waals surface area (Å²) in [6, 6.07) is 0. The number of hydrogen-bond acceptors (Lipinski definition) is 2. The maximum Gasteiger partial charge on any atom is 0.375 e. The average Bonchev–Trinajstić information content (AvgIpc) is 1.84. The van der Waals surface area contributed by atoms with Crippen molar-refractivity contribution in [2.24, 2.45) is 0 Å². The van der Waals surface area contributed by atoms with E-state index < -0.39 is 18.4 Å². The molecule has 0 aromatic heterocycles. The number of carboxylic acids is 1. The minimum absolute atomic E-state index is 0.336. The Hall–Kier alpha value is -0.710. The quantitative estimate of drug-likeness (QED) is 0.611. The highest BCUT2D eigenvalue weighted by atomic mass is 19.3. The number of aliphatic carboxylic acids is 1. The first-order chi connectivity index (χ1) is 4.50. The van der Waals surface area contributed by atoms with E-state index in [0.717, 1.165) is 0 Å². The number of carboxylic acid groups (broad SMARTS) is 1. The number of halogens is 2. The largest absolute Gasteiger partial charge is 0.477 e. The van der Waals surface area contributed by atoms with E-state index in [4.69, 9.17) is 5.11 Å². The summed E-state index contributed by atoms with van der Waals surface area (Å²) in [5.41, 5.74) is 0. The van der Waals surface area contributed by atoms with Crippen LogP contribution in [0.1, 0.15) is 6.92 Å². The van der Waals surface area contributed by atoms with Crippen molar-refractivity contribution in [3.63, 3.8) is 0 Å². The van der Waals surface area contributed by atoms with Crippen LogP contribution in [-0.4, -0.2) is 30.1 Å². The van der Waals surface area contributed by atoms with Crippen LogP contribution in [0.5, 0.6) is 0 Å². The standard InChI is InChI=1S/C5H9F2NO2/c1-2-8-3-5(6,7)4(9)10/h8H,2-3H2,1H3,(H,9,10). The van der Waals surface area contributed by atoms with E-state index in [1.165, 1.54) is 0 Å². The van der Waals surface area contributed by atoms with Gasteiger partial charge in [-0.25, -0.2) is 4.79 Å². The third kappa shape index (κ3) is 2.72. The smallest absolute Gasteiger partial charge is 0.375 e. The van der Waals surface area contributed by atoms with Gasteiger partial charge in [-0.2, -0.15) is 8.78 Å². The molecule has 0 radical (unpaired) electrons. The summed E-state index contributed by atoms with van der Waals surface area (Å²) in [6.07, 6.45) is 0. The number of nitrogens with one attached hydrogen (secondary N) is 1. The Morgan fingerprint density at radius 1 is 1.70 bits per heavy atom. The van der Waals surface area contributed by atoms with Crippen LogP contribution < -0.4 is 5.32 Å². The SMILES string of the molecule is CCNCC(F)(F)C(=O)O. The Morgan fingerprint density at radius 2 is 2.20 bits per heavy atom. The Bertz CT molecular complexity index is 127. The van der Waals surface area contributed by atoms with Gasteiger partial charge in [0.15, 0.2) is 0 Å². The second-order valence-corrected chi connectivity index (χ2v) is 1.79. The lowest BCUT2D eigenvalue weighted by atomic mass is 10.3. The summed E-state index contributed by atoms with van der Waals surface area (Å²) in [5, 5.41) is 10.1. The summed E-state index contributed by atoms with van der Waals surface area (Å²) in [6.45, 7) is 1.15. The molecule has 0 saturated carbocycles. The Labute approximate surface area is 57.0 Å². The van der Waals surface area contributed by atoms with Crippen molar-refractivity contribution in [2.75, 3.05) is 13.1 Å². The maximum absolute atomic E-state index is 12.1. The minimum atomic E-state index is -3.64. The minimum Gasteiger partial charge on any atom is -0.477 e. The van der Waals surface area contributed by atoms with Gasteiger partial charge in [0.1, 0.15) is 0 Å². The van der Waals surface area contributed by atoms with Crippen LogP contribution in [-0.2, 0) is 4.79 Å². The van der Waals surface area contributed by atoms with E-state index in [0.29, 0.717) is 6.54 Å². The van der Waals surface area contributed by atoms with Crippen molar-refractivity contribution in [2.45, 2.75) is 12.8 Å². The van der Waals surface area contributed by atoms with Crippen LogP contribution in [0.4, 0.5) is 8.78 Å². The van der Waals surface area contributed by atoms with E-state index >= 15 is 0 Å². The predicted molar refractivity (Wildman–Crippen MR) is 31.1 cm³/mol. The van der Waals surface area contributed by atoms with Crippen molar-refractivity contribution in [3.8, 4) is 0 Å². The number of alkyl halides is 2. The van der Waals surface area contributed by atoms with Gasteiger partial charge in [0.05, 0.1) is 6.54 Å². The molecule has 3 nitrogen and oxygen atoms in total. The van der Waals surface area contributed by atoms with Crippen LogP contribution in [0.2, 0.25) is 0 Å². The molecule has 0 spiro atoms. The molecule has 0 atom stereocenters. The van der Waals surface area contributed by atoms with Crippen LogP contribution in [0.25, 0.3) is 0 Å². The Kier molecular flexibility index (Phi) is 3.21. The molecular formula is C5H9F2NO2. The van der Waals surface area contributed by atoms with Gasteiger partial charge in [-0.3, -0.25) is 0 Å². The summed E-state index contributed by atoms with van der Waals surface area (Å²) in [5.74, 6) is -5.73. The third-order valence-electron chi connectivity index (χ3n) is 0.910. The van der Waals surface area contributed by atoms with Gasteiger partial charge >= 0.3 is 11.9 Å². The Balaban J connectivity index is 3.75. The summed E-state index contributed by atoms with van der Waals surface area (Å²) in [7, 11) is 0. The van der Waals surface area contributed by atoms with Gasteiger partial charge in [-0.1, -0.05) is 6.92 Å². The molecule has 0 fully saturated rings. The highest BCUT2D eigenvalue weighted by Crippen LogP contribution is 2.10. The van der Waals surface area contributed by atoms with Crippen molar-refractivity contribution in [1.82, 2.24) is 5.32 Å². The van der Waals surface area contributed by atoms with E-state index in [-0.39, 0.29) is 0 Å². The fourth-order valence-electron chi connectivity index (χ4n) is 0.358. The molecule has 0 bridgehead atoms. The van der Waals surface area contributed by atoms with E-state index in [2.05, 4.69) is 5.32 Å². The molecule has 0 aliphatic carbocycles. The zero-order valence-corrected chi connectivity index (χ0v) is 5.53. The molecule has 0 heterocycles. The molecule has 0 unspecified atom stereocenters. The first-order valence-corrected chi connectivity index (χ1v) is 2.82. The Morgan fingerprint density at radius 3 is 2.50 bits per heavy atom. The second kappa shape index (κ2) is 3.46. The number of carbonyl (C=O) groups is 1. The van der Waals surface area contributed by atoms with Crippen LogP contribution in [0, 0.1) is 0 Å². The second-order valence-electron chi connectivity index (χ2n) is 1.79. The molecule has 10 heavy (non-hydrogen) atoms. The topological polar surface area (TPSA) is 49.3 Å². The first-order valence-electron chi connectivity index (χ1n) is 2.82. The third-order valence-corrected chi connectivity index (χ3v) is 0.910. The number of rotatable bonds is 4. The normalized spacial score (nSPS) is 11.5. The monoisotopic (exact) mass is 153 g/mol. The predicted octanol–water partition coefficient (Wildman–Crippen LogP) is 0.316. The summed E-state index contributed by atoms with van der Waals surface area (Å²) in [4.78, 5) is 9.74. The first kappa shape index (κ1) is 9.29. The molecule has 0 rings (SSSR count). The average molecular weight is 153 g/mol. The molecule has 0 aromatic rings. The molecule has 0 aliphatic heterocycles. The van der Waals surface area contributed by atoms with Crippen molar-refractivity contribution < 1.29 is 18.7 Å². The lowest BCUT2D eigenvalue weighted by Crippen LogP contribution is -2.39. The van der Waals surface area contributed by atoms with Gasteiger partial charge in [0.2, 0.25) is 0 Å². The van der Waals surface area contributed by atoms with Crippen molar-refractivity contribution in [1.29, 1.82) is 0 Å². The number of hydrogen-bond donors (Lipinski definition) is 2. The van der Waals surface area contributed by atoms with Gasteiger partial charge in [-0.05, 0) is 6.54 Å². The van der Waals surface area contributed by atoms with Gasteiger partial charge in [0.25, 0.3) is 0 Å². The van der Waals surface area contributed by atoms with Crippen molar-refractivity contribution >= 4 is 5.97 Å². The fourth-order valence-corrected chi connectivity index (χ4v) is 0.358. The molecule has 2 N–H and O–H groups in total. The molecule has 60 valence electrons. The summed E-state index contributed by atoms with van der Waals surface area (Å²) < 4.78 is 24.1. The highest BCUT2D eigenvalue weighted by Gasteiger charge is 2.37. The molecule has 5 heteroatoms. The molecule has 0 aromatic carbocycles. The van der Waals surface area contributed by atoms with Gasteiger partial charge in [0, 0.05) is 0 Å². The molecular weight excluding hydrogens is 144 g/mol. The lowest BCUT2D eigenvalue weighted by Gasteiger charge is -2.09. The van der Waals surface area contributed by atoms with Gasteiger partial charge < -0.3 is 10.4 Å². The van der Waals surface area contributed by atoms with Crippen LogP contribution >= 0.6 is 0 Å². The molecule has 0 aliphatic rings. The zero-order valence-electron chi connectivity index (χ0n) is 5.53. The summed E-state index contributed by atoms with van der Waals surface area (Å²) >= 11 is 0. The zero-order chi connectivity index (χ0) is 8.20. The van der Waals surface area contributed by atoms with Crippen LogP contribution in [0.15, 0.2) is 0 Å². The fraction of sp³-hybridized carbons (Fsp3) is 0.800. The molecule has 0 amide bonds. The lowest BCUT2D eigenvalue weighted by molar-refractivity contribution is -0.163. The van der Waals surface area contributed by atoms with Crippen LogP contribution in [0.3, 0.4) is 0 Å². The maximum atomic E-state index is 12.1. The molecule has 0 saturated heterocycles. The van der Waals surface area contributed by atoms with Crippen molar-refractivity contribution in [3.05, 3.63) is 0 Å². The van der Waals surface area contributed by atoms with E-state index in [9.17, 15) is 13.6 Å².